The van der Waals surface area contributed by atoms with Gasteiger partial charge in [0.25, 0.3) is 0 Å². The Morgan fingerprint density at radius 1 is 1.14 bits per heavy atom. The van der Waals surface area contributed by atoms with Crippen LogP contribution in [-0.4, -0.2) is 26.0 Å². The molecule has 2 saturated carbocycles. The summed E-state index contributed by atoms with van der Waals surface area (Å²) >= 11 is 1.50. The Balaban J connectivity index is 1.36. The second-order valence-corrected chi connectivity index (χ2v) is 11.1. The van der Waals surface area contributed by atoms with E-state index >= 15 is 0 Å². The average Bonchev–Trinajstić information content (AvgIpc) is 3.59. The van der Waals surface area contributed by atoms with E-state index in [2.05, 4.69) is 27.4 Å². The number of primary amides is 1. The van der Waals surface area contributed by atoms with Crippen molar-refractivity contribution < 1.29 is 9.90 Å². The van der Waals surface area contributed by atoms with E-state index in [0.717, 1.165) is 53.5 Å². The van der Waals surface area contributed by atoms with Crippen LogP contribution in [0.2, 0.25) is 0 Å². The fraction of sp³-hybridized carbons (Fsp3) is 0.481. The Morgan fingerprint density at radius 3 is 2.60 bits per heavy atom. The van der Waals surface area contributed by atoms with Gasteiger partial charge < -0.3 is 16.2 Å². The summed E-state index contributed by atoms with van der Waals surface area (Å²) in [5.74, 6) is 1.96. The first-order valence-corrected chi connectivity index (χ1v) is 13.4. The predicted octanol–water partition coefficient (Wildman–Crippen LogP) is 5.42. The molecule has 184 valence electrons. The van der Waals surface area contributed by atoms with E-state index < -0.39 is 5.60 Å². The van der Waals surface area contributed by atoms with Crippen molar-refractivity contribution >= 4 is 28.9 Å². The van der Waals surface area contributed by atoms with Gasteiger partial charge in [0, 0.05) is 18.3 Å². The van der Waals surface area contributed by atoms with Crippen LogP contribution in [0.15, 0.2) is 36.7 Å². The van der Waals surface area contributed by atoms with Crippen LogP contribution in [0.25, 0.3) is 10.6 Å². The van der Waals surface area contributed by atoms with Crippen LogP contribution in [0.3, 0.4) is 0 Å². The lowest BCUT2D eigenvalue weighted by Gasteiger charge is -2.38. The number of anilines is 2. The van der Waals surface area contributed by atoms with Gasteiger partial charge in [-0.05, 0) is 99.1 Å². The second-order valence-electron chi connectivity index (χ2n) is 10.0. The number of nitrogens with two attached hydrogens (primary N) is 1. The van der Waals surface area contributed by atoms with E-state index in [0.29, 0.717) is 17.3 Å². The molecule has 3 heterocycles. The summed E-state index contributed by atoms with van der Waals surface area (Å²) in [5, 5.41) is 15.8. The second kappa shape index (κ2) is 9.66. The van der Waals surface area contributed by atoms with Crippen LogP contribution in [0.1, 0.15) is 73.9 Å². The molecule has 1 unspecified atom stereocenters. The molecule has 3 aromatic heterocycles. The van der Waals surface area contributed by atoms with Crippen LogP contribution in [0, 0.1) is 18.8 Å². The third kappa shape index (κ3) is 5.09. The lowest BCUT2D eigenvalue weighted by molar-refractivity contribution is -0.124. The van der Waals surface area contributed by atoms with Gasteiger partial charge in [-0.1, -0.05) is 6.92 Å². The van der Waals surface area contributed by atoms with E-state index in [1.807, 2.05) is 38.4 Å². The molecule has 1 amide bonds. The summed E-state index contributed by atoms with van der Waals surface area (Å²) in [4.78, 5) is 26.4. The van der Waals surface area contributed by atoms with Gasteiger partial charge in [-0.15, -0.1) is 11.3 Å². The number of nitrogens with one attached hydrogen (secondary N) is 1. The standard InChI is InChI=1S/C27H33N5O2S/c1-3-27(34,20-8-6-18(7-9-20)25(28)33)26-30-15-22(35-26)21-12-16(2)13-24(31-21)32-23-14-19(10-11-29-23)17-4-5-17/h10-15,17-18,20,34H,3-9H2,1-2H3,(H2,28,33)(H,29,31,32). The molecule has 0 aromatic carbocycles. The average molecular weight is 492 g/mol. The number of hydrogen-bond acceptors (Lipinski definition) is 7. The molecule has 5 rings (SSSR count). The number of carbonyl (C=O) groups is 1. The number of carbonyl (C=O) groups excluding carboxylic acids is 1. The molecular formula is C27H33N5O2S. The van der Waals surface area contributed by atoms with Gasteiger partial charge in [-0.2, -0.15) is 0 Å². The summed E-state index contributed by atoms with van der Waals surface area (Å²) in [6, 6.07) is 8.25. The van der Waals surface area contributed by atoms with Crippen molar-refractivity contribution in [2.24, 2.45) is 17.6 Å². The van der Waals surface area contributed by atoms with Gasteiger partial charge in [0.1, 0.15) is 22.2 Å². The Morgan fingerprint density at radius 2 is 1.91 bits per heavy atom. The summed E-state index contributed by atoms with van der Waals surface area (Å²) in [7, 11) is 0. The lowest BCUT2D eigenvalue weighted by Crippen LogP contribution is -2.38. The Kier molecular flexibility index (Phi) is 6.59. The maximum atomic E-state index is 11.7. The number of amides is 1. The molecule has 0 saturated heterocycles. The highest BCUT2D eigenvalue weighted by Crippen LogP contribution is 2.45. The monoisotopic (exact) mass is 491 g/mol. The molecule has 2 fully saturated rings. The minimum atomic E-state index is -1.01. The van der Waals surface area contributed by atoms with Gasteiger partial charge in [0.05, 0.1) is 10.6 Å². The van der Waals surface area contributed by atoms with E-state index in [1.54, 1.807) is 0 Å². The van der Waals surface area contributed by atoms with Crippen molar-refractivity contribution in [3.05, 3.63) is 52.8 Å². The number of thiazole rings is 1. The predicted molar refractivity (Wildman–Crippen MR) is 138 cm³/mol. The van der Waals surface area contributed by atoms with E-state index in [9.17, 15) is 9.90 Å². The molecule has 1 atom stereocenters. The highest BCUT2D eigenvalue weighted by atomic mass is 32.1. The van der Waals surface area contributed by atoms with Gasteiger partial charge in [-0.25, -0.2) is 15.0 Å². The van der Waals surface area contributed by atoms with Gasteiger partial charge >= 0.3 is 0 Å². The smallest absolute Gasteiger partial charge is 0.220 e. The highest BCUT2D eigenvalue weighted by molar-refractivity contribution is 7.15. The van der Waals surface area contributed by atoms with Crippen molar-refractivity contribution in [1.29, 1.82) is 0 Å². The Labute approximate surface area is 210 Å². The third-order valence-electron chi connectivity index (χ3n) is 7.53. The van der Waals surface area contributed by atoms with Crippen molar-refractivity contribution in [2.75, 3.05) is 5.32 Å². The normalized spacial score (nSPS) is 21.9. The number of aryl methyl sites for hydroxylation is 1. The van der Waals surface area contributed by atoms with Crippen LogP contribution in [-0.2, 0) is 10.4 Å². The maximum absolute atomic E-state index is 11.7. The molecular weight excluding hydrogens is 458 g/mol. The summed E-state index contributed by atoms with van der Waals surface area (Å²) in [5.41, 5.74) is 7.73. The topological polar surface area (TPSA) is 114 Å². The van der Waals surface area contributed by atoms with E-state index in [-0.39, 0.29) is 17.7 Å². The highest BCUT2D eigenvalue weighted by Gasteiger charge is 2.42. The van der Waals surface area contributed by atoms with E-state index in [4.69, 9.17) is 10.7 Å². The maximum Gasteiger partial charge on any atom is 0.220 e. The first-order chi connectivity index (χ1) is 16.9. The first kappa shape index (κ1) is 23.9. The Bertz CT molecular complexity index is 1220. The summed E-state index contributed by atoms with van der Waals surface area (Å²) < 4.78 is 0. The minimum Gasteiger partial charge on any atom is -0.382 e. The summed E-state index contributed by atoms with van der Waals surface area (Å²) in [6.07, 6.45) is 9.74. The van der Waals surface area contributed by atoms with Crippen LogP contribution in [0.5, 0.6) is 0 Å². The van der Waals surface area contributed by atoms with Gasteiger partial charge in [0.2, 0.25) is 5.91 Å². The Hall–Kier alpha value is -2.84. The van der Waals surface area contributed by atoms with Crippen LogP contribution in [0.4, 0.5) is 11.6 Å². The number of rotatable bonds is 8. The largest absolute Gasteiger partial charge is 0.382 e. The summed E-state index contributed by atoms with van der Waals surface area (Å²) in [6.45, 7) is 4.04. The zero-order valence-electron chi connectivity index (χ0n) is 20.3. The SMILES string of the molecule is CCC(O)(c1ncc(-c2cc(C)cc(Nc3cc(C4CC4)ccn3)n2)s1)C1CCC(C(N)=O)CC1. The molecule has 3 aromatic rings. The van der Waals surface area contributed by atoms with Crippen molar-refractivity contribution in [2.45, 2.75) is 70.3 Å². The molecule has 0 spiro atoms. The first-order valence-electron chi connectivity index (χ1n) is 12.6. The minimum absolute atomic E-state index is 0.0645. The van der Waals surface area contributed by atoms with Crippen molar-refractivity contribution in [1.82, 2.24) is 15.0 Å². The number of nitrogens with zero attached hydrogens (tertiary/aromatic N) is 3. The fourth-order valence-corrected chi connectivity index (χ4v) is 6.35. The third-order valence-corrected chi connectivity index (χ3v) is 8.72. The number of aliphatic hydroxyl groups is 1. The van der Waals surface area contributed by atoms with Crippen molar-refractivity contribution in [3.8, 4) is 10.6 Å². The zero-order valence-corrected chi connectivity index (χ0v) is 21.1. The van der Waals surface area contributed by atoms with Gasteiger partial charge in [0.15, 0.2) is 0 Å². The molecule has 0 aliphatic heterocycles. The molecule has 8 heteroatoms. The molecule has 4 N–H and O–H groups in total. The quantitative estimate of drug-likeness (QED) is 0.388. The van der Waals surface area contributed by atoms with Crippen LogP contribution < -0.4 is 11.1 Å². The number of aromatic nitrogens is 3. The van der Waals surface area contributed by atoms with E-state index in [1.165, 1.54) is 29.7 Å². The molecule has 2 aliphatic carbocycles. The van der Waals surface area contributed by atoms with Crippen molar-refractivity contribution in [3.63, 3.8) is 0 Å². The number of pyridine rings is 2. The van der Waals surface area contributed by atoms with Gasteiger partial charge in [-0.3, -0.25) is 4.79 Å². The molecule has 0 bridgehead atoms. The van der Waals surface area contributed by atoms with Crippen LogP contribution >= 0.6 is 11.3 Å². The molecule has 35 heavy (non-hydrogen) atoms. The fourth-order valence-electron chi connectivity index (χ4n) is 5.24. The molecule has 2 aliphatic rings. The molecule has 7 nitrogen and oxygen atoms in total. The lowest BCUT2D eigenvalue weighted by atomic mass is 9.72. The zero-order chi connectivity index (χ0) is 24.6. The molecule has 0 radical (unpaired) electrons. The number of hydrogen-bond donors (Lipinski definition) is 3.